The highest BCUT2D eigenvalue weighted by Gasteiger charge is 2.31. The topological polar surface area (TPSA) is 20.2 Å². The minimum absolute atomic E-state index is 0.271. The van der Waals surface area contributed by atoms with Crippen LogP contribution in [0.15, 0.2) is 24.3 Å². The van der Waals surface area contributed by atoms with Gasteiger partial charge in [0, 0.05) is 5.88 Å². The van der Waals surface area contributed by atoms with E-state index in [0.29, 0.717) is 5.75 Å². The van der Waals surface area contributed by atoms with Gasteiger partial charge in [0.25, 0.3) is 0 Å². The number of halogens is 1. The molecule has 88 valence electrons. The number of phenols is 1. The van der Waals surface area contributed by atoms with Gasteiger partial charge >= 0.3 is 0 Å². The number of phenolic OH excluding ortho intramolecular Hbond substituents is 1. The van der Waals surface area contributed by atoms with Crippen molar-refractivity contribution < 1.29 is 5.11 Å². The van der Waals surface area contributed by atoms with Crippen molar-refractivity contribution in [3.8, 4) is 5.75 Å². The summed E-state index contributed by atoms with van der Waals surface area (Å²) in [5, 5.41) is 9.47. The van der Waals surface area contributed by atoms with Crippen LogP contribution in [-0.2, 0) is 6.42 Å². The molecule has 1 aromatic rings. The Morgan fingerprint density at radius 2 is 1.94 bits per heavy atom. The molecule has 1 saturated carbocycles. The number of aromatic hydroxyl groups is 1. The average Bonchev–Trinajstić information content (AvgIpc) is 2.30. The van der Waals surface area contributed by atoms with Crippen molar-refractivity contribution in [2.45, 2.75) is 38.5 Å². The summed E-state index contributed by atoms with van der Waals surface area (Å²) in [5.41, 5.74) is 1.48. The number of hydrogen-bond donors (Lipinski definition) is 1. The SMILES string of the molecule is Oc1cccc(CC2(CCl)CCCCC2)c1. The Hall–Kier alpha value is -0.690. The van der Waals surface area contributed by atoms with E-state index < -0.39 is 0 Å². The summed E-state index contributed by atoms with van der Waals surface area (Å²) in [6, 6.07) is 7.58. The van der Waals surface area contributed by atoms with Crippen LogP contribution in [0.3, 0.4) is 0 Å². The van der Waals surface area contributed by atoms with Gasteiger partial charge in [-0.2, -0.15) is 0 Å². The minimum Gasteiger partial charge on any atom is -0.508 e. The van der Waals surface area contributed by atoms with Gasteiger partial charge in [0.2, 0.25) is 0 Å². The van der Waals surface area contributed by atoms with E-state index in [4.69, 9.17) is 11.6 Å². The van der Waals surface area contributed by atoms with Crippen LogP contribution < -0.4 is 0 Å². The average molecular weight is 239 g/mol. The first kappa shape index (κ1) is 11.8. The van der Waals surface area contributed by atoms with Crippen LogP contribution in [0.1, 0.15) is 37.7 Å². The zero-order valence-electron chi connectivity index (χ0n) is 9.58. The lowest BCUT2D eigenvalue weighted by atomic mass is 9.72. The molecule has 0 aromatic heterocycles. The van der Waals surface area contributed by atoms with Crippen LogP contribution in [0.5, 0.6) is 5.75 Å². The Morgan fingerprint density at radius 1 is 1.19 bits per heavy atom. The summed E-state index contributed by atoms with van der Waals surface area (Å²) >= 11 is 6.16. The molecule has 0 bridgehead atoms. The zero-order chi connectivity index (χ0) is 11.4. The number of benzene rings is 1. The second-order valence-electron chi connectivity index (χ2n) is 5.04. The maximum atomic E-state index is 9.47. The maximum absolute atomic E-state index is 9.47. The highest BCUT2D eigenvalue weighted by molar-refractivity contribution is 6.18. The Labute approximate surface area is 102 Å². The van der Waals surface area contributed by atoms with E-state index in [1.807, 2.05) is 12.1 Å². The Kier molecular flexibility index (Phi) is 3.75. The van der Waals surface area contributed by atoms with Gasteiger partial charge in [0.05, 0.1) is 0 Å². The molecule has 0 heterocycles. The fourth-order valence-corrected chi connectivity index (χ4v) is 3.12. The molecule has 16 heavy (non-hydrogen) atoms. The molecular weight excluding hydrogens is 220 g/mol. The third-order valence-corrected chi connectivity index (χ3v) is 4.25. The molecule has 2 heteroatoms. The predicted molar refractivity (Wildman–Crippen MR) is 68.0 cm³/mol. The fraction of sp³-hybridized carbons (Fsp3) is 0.571. The van der Waals surface area contributed by atoms with E-state index in [9.17, 15) is 5.11 Å². The summed E-state index contributed by atoms with van der Waals surface area (Å²) in [4.78, 5) is 0. The molecule has 1 aliphatic carbocycles. The van der Waals surface area contributed by atoms with Gasteiger partial charge in [-0.25, -0.2) is 0 Å². The van der Waals surface area contributed by atoms with Crippen molar-refractivity contribution in [3.05, 3.63) is 29.8 Å². The Bertz CT molecular complexity index is 342. The van der Waals surface area contributed by atoms with E-state index in [2.05, 4.69) is 6.07 Å². The normalized spacial score (nSPS) is 19.6. The van der Waals surface area contributed by atoms with E-state index in [1.165, 1.54) is 37.7 Å². The predicted octanol–water partition coefficient (Wildman–Crippen LogP) is 4.12. The number of rotatable bonds is 3. The molecule has 1 aromatic carbocycles. The molecule has 0 aliphatic heterocycles. The van der Waals surface area contributed by atoms with E-state index in [0.717, 1.165) is 12.3 Å². The Balaban J connectivity index is 2.11. The quantitative estimate of drug-likeness (QED) is 0.786. The fourth-order valence-electron chi connectivity index (χ4n) is 2.76. The van der Waals surface area contributed by atoms with Gasteiger partial charge in [0.15, 0.2) is 0 Å². The molecule has 0 saturated heterocycles. The van der Waals surface area contributed by atoms with E-state index in [-0.39, 0.29) is 5.41 Å². The first-order valence-electron chi connectivity index (χ1n) is 6.08. The van der Waals surface area contributed by atoms with Crippen molar-refractivity contribution >= 4 is 11.6 Å². The van der Waals surface area contributed by atoms with Gasteiger partial charge in [-0.05, 0) is 42.4 Å². The molecule has 2 rings (SSSR count). The molecule has 1 N–H and O–H groups in total. The van der Waals surface area contributed by atoms with E-state index >= 15 is 0 Å². The van der Waals surface area contributed by atoms with Crippen molar-refractivity contribution in [1.82, 2.24) is 0 Å². The number of hydrogen-bond acceptors (Lipinski definition) is 1. The van der Waals surface area contributed by atoms with Crippen molar-refractivity contribution in [2.75, 3.05) is 5.88 Å². The van der Waals surface area contributed by atoms with Gasteiger partial charge in [-0.15, -0.1) is 11.6 Å². The molecule has 1 nitrogen and oxygen atoms in total. The second kappa shape index (κ2) is 5.09. The maximum Gasteiger partial charge on any atom is 0.115 e. The zero-order valence-corrected chi connectivity index (χ0v) is 10.3. The molecule has 0 amide bonds. The summed E-state index contributed by atoms with van der Waals surface area (Å²) in [5.74, 6) is 1.10. The summed E-state index contributed by atoms with van der Waals surface area (Å²) in [6.07, 6.45) is 7.40. The minimum atomic E-state index is 0.271. The highest BCUT2D eigenvalue weighted by atomic mass is 35.5. The van der Waals surface area contributed by atoms with Gasteiger partial charge < -0.3 is 5.11 Å². The van der Waals surface area contributed by atoms with Crippen LogP contribution >= 0.6 is 11.6 Å². The van der Waals surface area contributed by atoms with Crippen LogP contribution in [0, 0.1) is 5.41 Å². The molecule has 1 aliphatic rings. The van der Waals surface area contributed by atoms with Crippen molar-refractivity contribution in [2.24, 2.45) is 5.41 Å². The lowest BCUT2D eigenvalue weighted by molar-refractivity contribution is 0.219. The van der Waals surface area contributed by atoms with Gasteiger partial charge in [0.1, 0.15) is 5.75 Å². The lowest BCUT2D eigenvalue weighted by Gasteiger charge is -2.35. The molecule has 0 atom stereocenters. The van der Waals surface area contributed by atoms with Crippen molar-refractivity contribution in [1.29, 1.82) is 0 Å². The first-order chi connectivity index (χ1) is 7.74. The van der Waals surface area contributed by atoms with Crippen LogP contribution in [0.2, 0.25) is 0 Å². The van der Waals surface area contributed by atoms with Crippen LogP contribution in [-0.4, -0.2) is 11.0 Å². The molecular formula is C14H19ClO. The van der Waals surface area contributed by atoms with E-state index in [1.54, 1.807) is 6.07 Å². The first-order valence-corrected chi connectivity index (χ1v) is 6.61. The van der Waals surface area contributed by atoms with Gasteiger partial charge in [-0.1, -0.05) is 31.4 Å². The lowest BCUT2D eigenvalue weighted by Crippen LogP contribution is -2.28. The number of alkyl halides is 1. The summed E-state index contributed by atoms with van der Waals surface area (Å²) in [6.45, 7) is 0. The second-order valence-corrected chi connectivity index (χ2v) is 5.31. The Morgan fingerprint density at radius 3 is 2.56 bits per heavy atom. The van der Waals surface area contributed by atoms with Crippen LogP contribution in [0.4, 0.5) is 0 Å². The molecule has 0 spiro atoms. The molecule has 0 radical (unpaired) electrons. The van der Waals surface area contributed by atoms with Gasteiger partial charge in [-0.3, -0.25) is 0 Å². The summed E-state index contributed by atoms with van der Waals surface area (Å²) in [7, 11) is 0. The third-order valence-electron chi connectivity index (χ3n) is 3.69. The van der Waals surface area contributed by atoms with Crippen LogP contribution in [0.25, 0.3) is 0 Å². The summed E-state index contributed by atoms with van der Waals surface area (Å²) < 4.78 is 0. The van der Waals surface area contributed by atoms with Crippen molar-refractivity contribution in [3.63, 3.8) is 0 Å². The molecule has 1 fully saturated rings. The third kappa shape index (κ3) is 2.70. The monoisotopic (exact) mass is 238 g/mol. The highest BCUT2D eigenvalue weighted by Crippen LogP contribution is 2.40. The molecule has 0 unspecified atom stereocenters. The standard InChI is InChI=1S/C14H19ClO/c15-11-14(7-2-1-3-8-14)10-12-5-4-6-13(16)9-12/h4-6,9,16H,1-3,7-8,10-11H2. The largest absolute Gasteiger partial charge is 0.508 e. The smallest absolute Gasteiger partial charge is 0.115 e.